The van der Waals surface area contributed by atoms with Crippen LogP contribution in [-0.2, 0) is 32.5 Å². The summed E-state index contributed by atoms with van der Waals surface area (Å²) in [5.74, 6) is -0.137. The summed E-state index contributed by atoms with van der Waals surface area (Å²) >= 11 is -1.59. The molecule has 2 nitrogen and oxygen atoms in total. The van der Waals surface area contributed by atoms with Gasteiger partial charge in [-0.2, -0.15) is 0 Å². The monoisotopic (exact) mass is 366 g/mol. The van der Waals surface area contributed by atoms with Crippen LogP contribution in [0.2, 0.25) is 0 Å². The molecule has 1 aromatic carbocycles. The van der Waals surface area contributed by atoms with Crippen molar-refractivity contribution in [2.24, 2.45) is 0 Å². The molecule has 0 radical (unpaired) electrons. The molecule has 0 atom stereocenters. The van der Waals surface area contributed by atoms with Gasteiger partial charge in [-0.15, -0.1) is 0 Å². The summed E-state index contributed by atoms with van der Waals surface area (Å²) in [6.07, 6.45) is 0. The second-order valence-electron chi connectivity index (χ2n) is 3.21. The van der Waals surface area contributed by atoms with Crippen LogP contribution in [0.15, 0.2) is 18.2 Å². The zero-order chi connectivity index (χ0) is 9.84. The molecule has 0 aromatic heterocycles. The summed E-state index contributed by atoms with van der Waals surface area (Å²) in [4.78, 5) is 10.6. The molecule has 0 N–H and O–H groups in total. The van der Waals surface area contributed by atoms with E-state index in [0.29, 0.717) is 0 Å². The first-order valence-corrected chi connectivity index (χ1v) is 9.28. The van der Waals surface area contributed by atoms with E-state index in [4.69, 9.17) is 2.64 Å². The van der Waals surface area contributed by atoms with Crippen molar-refractivity contribution in [2.75, 3.05) is 0 Å². The van der Waals surface area contributed by atoms with Gasteiger partial charge < -0.3 is 0 Å². The normalized spacial score (nSPS) is 9.15. The van der Waals surface area contributed by atoms with E-state index in [2.05, 4.69) is 32.0 Å². The molecule has 0 aliphatic rings. The summed E-state index contributed by atoms with van der Waals surface area (Å²) in [7, 11) is 0. The van der Waals surface area contributed by atoms with Crippen LogP contribution in [0.1, 0.15) is 18.1 Å². The third-order valence-electron chi connectivity index (χ3n) is 1.93. The van der Waals surface area contributed by atoms with Gasteiger partial charge in [0.15, 0.2) is 0 Å². The molecule has 0 bridgehead atoms. The molecule has 0 saturated carbocycles. The standard InChI is InChI=1S/C8H9.C2H4O2.Hg/c1-7-4-3-5-8(2)6-7;1-2(3)4;/h3-4,6H,1-2H3;1H3,(H,3,4);/q;;+1/p-1. The van der Waals surface area contributed by atoms with Crippen molar-refractivity contribution < 1.29 is 32.5 Å². The Kier molecular flexibility index (Phi) is 3.91. The van der Waals surface area contributed by atoms with Crippen molar-refractivity contribution in [1.82, 2.24) is 0 Å². The summed E-state index contributed by atoms with van der Waals surface area (Å²) in [5, 5.41) is 0. The van der Waals surface area contributed by atoms with E-state index in [-0.39, 0.29) is 5.97 Å². The summed E-state index contributed by atoms with van der Waals surface area (Å²) < 4.78 is 6.42. The number of carbonyl (C=O) groups excluding carboxylic acids is 1. The minimum absolute atomic E-state index is 0.137. The molecule has 0 fully saturated rings. The van der Waals surface area contributed by atoms with E-state index in [9.17, 15) is 4.79 Å². The zero-order valence-corrected chi connectivity index (χ0v) is 13.8. The molecule has 0 spiro atoms. The second kappa shape index (κ2) is 4.75. The van der Waals surface area contributed by atoms with E-state index in [0.717, 1.165) is 0 Å². The fourth-order valence-corrected chi connectivity index (χ4v) is 4.70. The first kappa shape index (κ1) is 10.7. The fraction of sp³-hybridized carbons (Fsp3) is 0.300. The van der Waals surface area contributed by atoms with Crippen molar-refractivity contribution in [3.63, 3.8) is 0 Å². The van der Waals surface area contributed by atoms with Crippen LogP contribution < -0.4 is 3.07 Å². The van der Waals surface area contributed by atoms with Crippen LogP contribution in [0.5, 0.6) is 0 Å². The van der Waals surface area contributed by atoms with E-state index in [1.807, 2.05) is 0 Å². The Morgan fingerprint density at radius 1 is 1.38 bits per heavy atom. The molecular formula is C10H12HgO2. The van der Waals surface area contributed by atoms with Gasteiger partial charge in [-0.05, 0) is 0 Å². The number of benzene rings is 1. The SMILES string of the molecule is CC(=O)[O][Hg][c]1ccc(C)cc1C. The Morgan fingerprint density at radius 2 is 2.08 bits per heavy atom. The Hall–Kier alpha value is -0.375. The minimum atomic E-state index is -1.59. The number of rotatable bonds is 2. The average Bonchev–Trinajstić information content (AvgIpc) is 2.02. The molecular weight excluding hydrogens is 353 g/mol. The van der Waals surface area contributed by atoms with E-state index >= 15 is 0 Å². The van der Waals surface area contributed by atoms with Crippen molar-refractivity contribution in [3.8, 4) is 0 Å². The molecule has 13 heavy (non-hydrogen) atoms. The second-order valence-corrected chi connectivity index (χ2v) is 8.42. The Balaban J connectivity index is 2.72. The molecule has 0 aliphatic heterocycles. The molecule has 0 amide bonds. The van der Waals surface area contributed by atoms with Crippen molar-refractivity contribution in [2.45, 2.75) is 20.8 Å². The predicted octanol–water partition coefficient (Wildman–Crippen LogP) is 1.49. The fourth-order valence-electron chi connectivity index (χ4n) is 1.19. The average molecular weight is 365 g/mol. The maximum atomic E-state index is 10.6. The summed E-state index contributed by atoms with van der Waals surface area (Å²) in [5.41, 5.74) is 2.53. The third-order valence-corrected chi connectivity index (χ3v) is 8.36. The van der Waals surface area contributed by atoms with Crippen molar-refractivity contribution in [1.29, 1.82) is 0 Å². The molecule has 0 unspecified atom stereocenters. The number of hydrogen-bond donors (Lipinski definition) is 0. The molecule has 1 rings (SSSR count). The van der Waals surface area contributed by atoms with Gasteiger partial charge in [0.05, 0.1) is 0 Å². The van der Waals surface area contributed by atoms with Gasteiger partial charge in [-0.25, -0.2) is 0 Å². The summed E-state index contributed by atoms with van der Waals surface area (Å²) in [6.45, 7) is 5.62. The quantitative estimate of drug-likeness (QED) is 0.743. The van der Waals surface area contributed by atoms with Crippen LogP contribution in [0.4, 0.5) is 0 Å². The number of aryl methyl sites for hydroxylation is 2. The maximum absolute atomic E-state index is 10.6. The van der Waals surface area contributed by atoms with Gasteiger partial charge in [-0.1, -0.05) is 0 Å². The van der Waals surface area contributed by atoms with Crippen LogP contribution in [0, 0.1) is 13.8 Å². The number of hydrogen-bond acceptors (Lipinski definition) is 2. The van der Waals surface area contributed by atoms with E-state index < -0.39 is 25.0 Å². The third kappa shape index (κ3) is 3.47. The van der Waals surface area contributed by atoms with Crippen molar-refractivity contribution >= 4 is 9.04 Å². The molecule has 0 saturated heterocycles. The molecule has 3 heteroatoms. The van der Waals surface area contributed by atoms with Gasteiger partial charge in [0.2, 0.25) is 0 Å². The van der Waals surface area contributed by atoms with Crippen LogP contribution in [-0.4, -0.2) is 5.97 Å². The van der Waals surface area contributed by atoms with Gasteiger partial charge in [0.1, 0.15) is 0 Å². The van der Waals surface area contributed by atoms with E-state index in [1.54, 1.807) is 0 Å². The first-order chi connectivity index (χ1) is 6.09. The molecule has 1 aromatic rings. The van der Waals surface area contributed by atoms with Gasteiger partial charge in [-0.3, -0.25) is 0 Å². The molecule has 0 aliphatic carbocycles. The van der Waals surface area contributed by atoms with E-state index in [1.165, 1.54) is 21.1 Å². The zero-order valence-electron chi connectivity index (χ0n) is 8.26. The van der Waals surface area contributed by atoms with Crippen molar-refractivity contribution in [3.05, 3.63) is 29.3 Å². The molecule has 0 heterocycles. The topological polar surface area (TPSA) is 26.3 Å². The Labute approximate surface area is 91.4 Å². The van der Waals surface area contributed by atoms with Crippen LogP contribution in [0.3, 0.4) is 0 Å². The van der Waals surface area contributed by atoms with Gasteiger partial charge in [0.25, 0.3) is 0 Å². The summed E-state index contributed by atoms with van der Waals surface area (Å²) in [6, 6.07) is 6.31. The van der Waals surface area contributed by atoms with Crippen LogP contribution >= 0.6 is 0 Å². The van der Waals surface area contributed by atoms with Crippen LogP contribution in [0.25, 0.3) is 0 Å². The molecule has 66 valence electrons. The Morgan fingerprint density at radius 3 is 2.62 bits per heavy atom. The number of carbonyl (C=O) groups is 1. The first-order valence-electron chi connectivity index (χ1n) is 4.29. The predicted molar refractivity (Wildman–Crippen MR) is 47.3 cm³/mol. The van der Waals surface area contributed by atoms with Gasteiger partial charge >= 0.3 is 91.6 Å². The van der Waals surface area contributed by atoms with Gasteiger partial charge in [0, 0.05) is 0 Å². The Bertz CT molecular complexity index is 321.